The van der Waals surface area contributed by atoms with Gasteiger partial charge in [0.1, 0.15) is 16.5 Å². The summed E-state index contributed by atoms with van der Waals surface area (Å²) in [7, 11) is 1.66. The molecule has 0 amide bonds. The number of hydrogen-bond acceptors (Lipinski definition) is 3. The summed E-state index contributed by atoms with van der Waals surface area (Å²) in [6.07, 6.45) is -2.14. The summed E-state index contributed by atoms with van der Waals surface area (Å²) < 4.78 is 39.7. The molecule has 3 heterocycles. The quantitative estimate of drug-likeness (QED) is 0.643. The van der Waals surface area contributed by atoms with E-state index in [1.165, 1.54) is 6.20 Å². The van der Waals surface area contributed by atoms with Gasteiger partial charge in [-0.25, -0.2) is 15.0 Å². The third-order valence-corrected chi connectivity index (χ3v) is 3.34. The van der Waals surface area contributed by atoms with Crippen molar-refractivity contribution in [1.29, 1.82) is 0 Å². The average Bonchev–Trinajstić information content (AvgIpc) is 2.75. The van der Waals surface area contributed by atoms with Crippen LogP contribution in [0.1, 0.15) is 5.56 Å². The predicted molar refractivity (Wildman–Crippen MR) is 71.8 cm³/mol. The van der Waals surface area contributed by atoms with Crippen LogP contribution >= 0.6 is 11.6 Å². The fourth-order valence-electron chi connectivity index (χ4n) is 2.02. The van der Waals surface area contributed by atoms with Crippen LogP contribution in [0.3, 0.4) is 0 Å². The summed E-state index contributed by atoms with van der Waals surface area (Å²) >= 11 is 6.00. The molecule has 0 fully saturated rings. The predicted octanol–water partition coefficient (Wildman–Crippen LogP) is 3.70. The van der Waals surface area contributed by atoms with Gasteiger partial charge in [0, 0.05) is 19.4 Å². The molecule has 0 atom stereocenters. The molecule has 21 heavy (non-hydrogen) atoms. The van der Waals surface area contributed by atoms with Crippen molar-refractivity contribution < 1.29 is 13.2 Å². The molecular formula is C13H8ClF3N4. The Morgan fingerprint density at radius 1 is 1.24 bits per heavy atom. The zero-order valence-corrected chi connectivity index (χ0v) is 11.4. The van der Waals surface area contributed by atoms with Crippen molar-refractivity contribution in [1.82, 2.24) is 19.5 Å². The third kappa shape index (κ3) is 2.33. The Hall–Kier alpha value is -2.15. The first-order valence-electron chi connectivity index (χ1n) is 5.88. The van der Waals surface area contributed by atoms with Crippen molar-refractivity contribution >= 4 is 22.8 Å². The molecule has 0 spiro atoms. The maximum atomic E-state index is 12.7. The van der Waals surface area contributed by atoms with Gasteiger partial charge in [0.2, 0.25) is 0 Å². The summed E-state index contributed by atoms with van der Waals surface area (Å²) in [6.45, 7) is 0. The number of aryl methyl sites for hydroxylation is 1. The maximum absolute atomic E-state index is 12.7. The van der Waals surface area contributed by atoms with E-state index in [1.807, 2.05) is 0 Å². The lowest BCUT2D eigenvalue weighted by Gasteiger charge is -2.05. The van der Waals surface area contributed by atoms with Crippen LogP contribution in [0.25, 0.3) is 22.6 Å². The smallest absolute Gasteiger partial charge is 0.312 e. The number of pyridine rings is 2. The fraction of sp³-hybridized carbons (Fsp3) is 0.154. The zero-order valence-electron chi connectivity index (χ0n) is 10.7. The number of hydrogen-bond donors (Lipinski definition) is 0. The molecule has 8 heteroatoms. The van der Waals surface area contributed by atoms with Crippen LogP contribution in [0, 0.1) is 0 Å². The Bertz CT molecular complexity index is 826. The Labute approximate surface area is 122 Å². The number of fused-ring (bicyclic) bond motifs is 1. The minimum Gasteiger partial charge on any atom is -0.312 e. The molecule has 0 radical (unpaired) electrons. The highest BCUT2D eigenvalue weighted by Gasteiger charge is 2.31. The monoisotopic (exact) mass is 312 g/mol. The van der Waals surface area contributed by atoms with E-state index in [-0.39, 0.29) is 10.7 Å². The van der Waals surface area contributed by atoms with Crippen LogP contribution in [-0.4, -0.2) is 19.5 Å². The van der Waals surface area contributed by atoms with E-state index >= 15 is 0 Å². The molecule has 3 aromatic heterocycles. The summed E-state index contributed by atoms with van der Waals surface area (Å²) in [5, 5.41) is 0.229. The molecule has 0 saturated heterocycles. The van der Waals surface area contributed by atoms with Crippen molar-refractivity contribution in [2.75, 3.05) is 0 Å². The molecule has 0 aliphatic heterocycles. The standard InChI is InChI=1S/C13H8ClF3N4/c1-21-11(8-3-2-4-18-10(8)14)20-9-5-7(13(15,16)17)6-19-12(9)21/h2-6H,1H3. The molecule has 0 N–H and O–H groups in total. The fourth-order valence-corrected chi connectivity index (χ4v) is 2.23. The Morgan fingerprint density at radius 2 is 2.00 bits per heavy atom. The highest BCUT2D eigenvalue weighted by molar-refractivity contribution is 6.32. The van der Waals surface area contributed by atoms with Gasteiger partial charge in [-0.1, -0.05) is 11.6 Å². The number of halogens is 4. The van der Waals surface area contributed by atoms with E-state index in [9.17, 15) is 13.2 Å². The average molecular weight is 313 g/mol. The molecule has 4 nitrogen and oxygen atoms in total. The van der Waals surface area contributed by atoms with Crippen LogP contribution in [0.5, 0.6) is 0 Å². The second kappa shape index (κ2) is 4.70. The lowest BCUT2D eigenvalue weighted by molar-refractivity contribution is -0.137. The van der Waals surface area contributed by atoms with E-state index in [0.29, 0.717) is 17.0 Å². The van der Waals surface area contributed by atoms with Gasteiger partial charge in [0.15, 0.2) is 5.65 Å². The molecule has 0 saturated carbocycles. The summed E-state index contributed by atoms with van der Waals surface area (Å²) in [6, 6.07) is 4.34. The first-order valence-corrected chi connectivity index (χ1v) is 6.26. The number of alkyl halides is 3. The lowest BCUT2D eigenvalue weighted by atomic mass is 10.2. The summed E-state index contributed by atoms with van der Waals surface area (Å²) in [5.41, 5.74) is 0.199. The van der Waals surface area contributed by atoms with Crippen LogP contribution in [-0.2, 0) is 13.2 Å². The Kier molecular flexibility index (Phi) is 3.09. The molecular weight excluding hydrogens is 305 g/mol. The van der Waals surface area contributed by atoms with Crippen LogP contribution in [0.15, 0.2) is 30.6 Å². The van der Waals surface area contributed by atoms with Crippen molar-refractivity contribution in [3.63, 3.8) is 0 Å². The van der Waals surface area contributed by atoms with Crippen LogP contribution in [0.4, 0.5) is 13.2 Å². The van der Waals surface area contributed by atoms with Crippen molar-refractivity contribution in [2.24, 2.45) is 7.05 Å². The van der Waals surface area contributed by atoms with Gasteiger partial charge < -0.3 is 4.57 Å². The van der Waals surface area contributed by atoms with Gasteiger partial charge in [-0.05, 0) is 18.2 Å². The SMILES string of the molecule is Cn1c(-c2cccnc2Cl)nc2cc(C(F)(F)F)cnc21. The van der Waals surface area contributed by atoms with Gasteiger partial charge in [-0.15, -0.1) is 0 Å². The topological polar surface area (TPSA) is 43.6 Å². The molecule has 3 rings (SSSR count). The molecule has 0 aliphatic carbocycles. The molecule has 0 aromatic carbocycles. The van der Waals surface area contributed by atoms with Crippen molar-refractivity contribution in [3.8, 4) is 11.4 Å². The highest BCUT2D eigenvalue weighted by Crippen LogP contribution is 2.32. The van der Waals surface area contributed by atoms with Gasteiger partial charge >= 0.3 is 6.18 Å². The minimum absolute atomic E-state index is 0.155. The molecule has 3 aromatic rings. The summed E-state index contributed by atoms with van der Waals surface area (Å²) in [4.78, 5) is 12.0. The molecule has 0 unspecified atom stereocenters. The molecule has 0 aliphatic rings. The normalized spacial score (nSPS) is 12.0. The van der Waals surface area contributed by atoms with E-state index in [1.54, 1.807) is 23.7 Å². The van der Waals surface area contributed by atoms with Gasteiger partial charge in [0.05, 0.1) is 11.1 Å². The maximum Gasteiger partial charge on any atom is 0.417 e. The number of rotatable bonds is 1. The van der Waals surface area contributed by atoms with Crippen LogP contribution in [0.2, 0.25) is 5.15 Å². The van der Waals surface area contributed by atoms with Gasteiger partial charge in [-0.3, -0.25) is 0 Å². The van der Waals surface area contributed by atoms with E-state index in [2.05, 4.69) is 15.0 Å². The number of nitrogens with zero attached hydrogens (tertiary/aromatic N) is 4. The largest absolute Gasteiger partial charge is 0.417 e. The van der Waals surface area contributed by atoms with Crippen LogP contribution < -0.4 is 0 Å². The minimum atomic E-state index is -4.45. The van der Waals surface area contributed by atoms with Gasteiger partial charge in [-0.2, -0.15) is 13.2 Å². The molecule has 0 bridgehead atoms. The second-order valence-corrected chi connectivity index (χ2v) is 4.76. The van der Waals surface area contributed by atoms with E-state index < -0.39 is 11.7 Å². The van der Waals surface area contributed by atoms with E-state index in [0.717, 1.165) is 12.3 Å². The Balaban J connectivity index is 2.23. The Morgan fingerprint density at radius 3 is 2.67 bits per heavy atom. The van der Waals surface area contributed by atoms with Crippen molar-refractivity contribution in [3.05, 3.63) is 41.3 Å². The lowest BCUT2D eigenvalue weighted by Crippen LogP contribution is -2.05. The first kappa shape index (κ1) is 13.8. The highest BCUT2D eigenvalue weighted by atomic mass is 35.5. The third-order valence-electron chi connectivity index (χ3n) is 3.04. The number of aromatic nitrogens is 4. The van der Waals surface area contributed by atoms with E-state index in [4.69, 9.17) is 11.6 Å². The second-order valence-electron chi connectivity index (χ2n) is 4.40. The number of imidazole rings is 1. The zero-order chi connectivity index (χ0) is 15.2. The van der Waals surface area contributed by atoms with Crippen molar-refractivity contribution in [2.45, 2.75) is 6.18 Å². The van der Waals surface area contributed by atoms with Gasteiger partial charge in [0.25, 0.3) is 0 Å². The first-order chi connectivity index (χ1) is 9.88. The summed E-state index contributed by atoms with van der Waals surface area (Å²) in [5.74, 6) is 0.412. The molecule has 108 valence electrons.